The highest BCUT2D eigenvalue weighted by atomic mass is 32.2. The standard InChI is InChI=1S/C19H21N3O4S/c1-19(12-20,13-6-7-13)21-16(23)10-26-18(25)8-9-22-14-4-2-3-5-15(14)27-11-17(22)24/h2-5,13H,6-11H2,1H3,(H,21,23)/t19-/m1/s1. The van der Waals surface area contributed by atoms with Crippen molar-refractivity contribution in [2.45, 2.75) is 36.6 Å². The van der Waals surface area contributed by atoms with Crippen LogP contribution in [0, 0.1) is 17.2 Å². The molecule has 1 saturated carbocycles. The van der Waals surface area contributed by atoms with E-state index in [2.05, 4.69) is 11.4 Å². The number of anilines is 1. The van der Waals surface area contributed by atoms with Gasteiger partial charge in [-0.05, 0) is 37.8 Å². The largest absolute Gasteiger partial charge is 0.456 e. The summed E-state index contributed by atoms with van der Waals surface area (Å²) in [5.41, 5.74) is -0.121. The second kappa shape index (κ2) is 8.01. The molecule has 0 saturated heterocycles. The smallest absolute Gasteiger partial charge is 0.308 e. The highest BCUT2D eigenvalue weighted by Gasteiger charge is 2.43. The summed E-state index contributed by atoms with van der Waals surface area (Å²) in [6.07, 6.45) is 1.82. The number of nitrogens with zero attached hydrogens (tertiary/aromatic N) is 2. The first kappa shape index (κ1) is 19.2. The number of fused-ring (bicyclic) bond motifs is 1. The molecule has 142 valence electrons. The number of carbonyl (C=O) groups is 3. The Morgan fingerprint density at radius 1 is 1.41 bits per heavy atom. The van der Waals surface area contributed by atoms with Crippen molar-refractivity contribution < 1.29 is 19.1 Å². The van der Waals surface area contributed by atoms with Gasteiger partial charge in [-0.1, -0.05) is 12.1 Å². The number of hydrogen-bond donors (Lipinski definition) is 1. The molecular formula is C19H21N3O4S. The monoisotopic (exact) mass is 387 g/mol. The predicted molar refractivity (Wildman–Crippen MR) is 100.0 cm³/mol. The second-order valence-electron chi connectivity index (χ2n) is 6.85. The minimum atomic E-state index is -0.912. The van der Waals surface area contributed by atoms with Crippen molar-refractivity contribution in [3.8, 4) is 6.07 Å². The van der Waals surface area contributed by atoms with Crippen LogP contribution in [0.3, 0.4) is 0 Å². The summed E-state index contributed by atoms with van der Waals surface area (Å²) in [4.78, 5) is 38.7. The lowest BCUT2D eigenvalue weighted by atomic mass is 9.98. The van der Waals surface area contributed by atoms with Crippen LogP contribution < -0.4 is 10.2 Å². The number of nitrogens with one attached hydrogen (secondary N) is 1. The van der Waals surface area contributed by atoms with Crippen LogP contribution in [-0.2, 0) is 19.1 Å². The van der Waals surface area contributed by atoms with E-state index >= 15 is 0 Å². The Balaban J connectivity index is 1.47. The molecule has 0 spiro atoms. The molecule has 8 heteroatoms. The summed E-state index contributed by atoms with van der Waals surface area (Å²) in [5.74, 6) is -0.611. The van der Waals surface area contributed by atoms with Gasteiger partial charge in [-0.25, -0.2) is 0 Å². The summed E-state index contributed by atoms with van der Waals surface area (Å²) in [6.45, 7) is 1.46. The van der Waals surface area contributed by atoms with Crippen LogP contribution in [0.15, 0.2) is 29.2 Å². The number of thioether (sulfide) groups is 1. The third-order valence-electron chi connectivity index (χ3n) is 4.74. The Morgan fingerprint density at radius 2 is 2.15 bits per heavy atom. The lowest BCUT2D eigenvalue weighted by molar-refractivity contribution is -0.148. The van der Waals surface area contributed by atoms with E-state index in [1.54, 1.807) is 11.8 Å². The average Bonchev–Trinajstić information content (AvgIpc) is 3.51. The quantitative estimate of drug-likeness (QED) is 0.717. The zero-order valence-corrected chi connectivity index (χ0v) is 15.9. The summed E-state index contributed by atoms with van der Waals surface area (Å²) < 4.78 is 5.01. The van der Waals surface area contributed by atoms with Gasteiger partial charge in [-0.3, -0.25) is 14.4 Å². The van der Waals surface area contributed by atoms with E-state index in [9.17, 15) is 19.6 Å². The molecule has 1 N–H and O–H groups in total. The molecule has 2 aliphatic rings. The molecule has 1 aliphatic heterocycles. The highest BCUT2D eigenvalue weighted by molar-refractivity contribution is 8.00. The lowest BCUT2D eigenvalue weighted by Gasteiger charge is -2.28. The number of nitriles is 1. The van der Waals surface area contributed by atoms with E-state index in [4.69, 9.17) is 4.74 Å². The summed E-state index contributed by atoms with van der Waals surface area (Å²) >= 11 is 1.48. The molecule has 0 bridgehead atoms. The maximum atomic E-state index is 12.2. The van der Waals surface area contributed by atoms with Crippen LogP contribution in [0.4, 0.5) is 5.69 Å². The van der Waals surface area contributed by atoms with Gasteiger partial charge in [0.2, 0.25) is 5.91 Å². The maximum absolute atomic E-state index is 12.2. The topological polar surface area (TPSA) is 99.5 Å². The van der Waals surface area contributed by atoms with Gasteiger partial charge >= 0.3 is 5.97 Å². The van der Waals surface area contributed by atoms with Crippen molar-refractivity contribution >= 4 is 35.2 Å². The molecule has 1 aromatic carbocycles. The fourth-order valence-corrected chi connectivity index (χ4v) is 3.96. The molecule has 1 aromatic rings. The van der Waals surface area contributed by atoms with Gasteiger partial charge in [-0.15, -0.1) is 11.8 Å². The maximum Gasteiger partial charge on any atom is 0.308 e. The first-order valence-electron chi connectivity index (χ1n) is 8.83. The zero-order valence-electron chi connectivity index (χ0n) is 15.1. The Labute approximate surface area is 162 Å². The second-order valence-corrected chi connectivity index (χ2v) is 7.87. The molecule has 0 aromatic heterocycles. The third-order valence-corrected chi connectivity index (χ3v) is 5.78. The molecule has 27 heavy (non-hydrogen) atoms. The highest BCUT2D eigenvalue weighted by Crippen LogP contribution is 2.39. The zero-order chi connectivity index (χ0) is 19.4. The van der Waals surface area contributed by atoms with Crippen LogP contribution in [0.25, 0.3) is 0 Å². The fraction of sp³-hybridized carbons (Fsp3) is 0.474. The molecule has 1 fully saturated rings. The fourth-order valence-electron chi connectivity index (χ4n) is 3.03. The van der Waals surface area contributed by atoms with Gasteiger partial charge < -0.3 is 15.0 Å². The molecule has 0 radical (unpaired) electrons. The number of rotatable bonds is 7. The number of para-hydroxylation sites is 1. The van der Waals surface area contributed by atoms with Crippen molar-refractivity contribution in [3.05, 3.63) is 24.3 Å². The van der Waals surface area contributed by atoms with Crippen LogP contribution in [0.2, 0.25) is 0 Å². The van der Waals surface area contributed by atoms with Gasteiger partial charge in [0.25, 0.3) is 5.91 Å². The first-order valence-corrected chi connectivity index (χ1v) is 9.81. The molecule has 7 nitrogen and oxygen atoms in total. The van der Waals surface area contributed by atoms with Gasteiger partial charge in [0.1, 0.15) is 5.54 Å². The van der Waals surface area contributed by atoms with Crippen molar-refractivity contribution in [2.75, 3.05) is 23.8 Å². The Kier molecular flexibility index (Phi) is 5.71. The molecule has 2 amide bonds. The van der Waals surface area contributed by atoms with Crippen molar-refractivity contribution in [2.24, 2.45) is 5.92 Å². The number of amides is 2. The lowest BCUT2D eigenvalue weighted by Crippen LogP contribution is -2.48. The van der Waals surface area contributed by atoms with Crippen molar-refractivity contribution in [1.82, 2.24) is 5.32 Å². The van der Waals surface area contributed by atoms with Crippen LogP contribution >= 0.6 is 11.8 Å². The first-order chi connectivity index (χ1) is 12.9. The van der Waals surface area contributed by atoms with Gasteiger partial charge in [0.15, 0.2) is 6.61 Å². The van der Waals surface area contributed by atoms with Crippen LogP contribution in [-0.4, -0.2) is 42.2 Å². The molecule has 1 atom stereocenters. The van der Waals surface area contributed by atoms with Crippen LogP contribution in [0.5, 0.6) is 0 Å². The van der Waals surface area contributed by atoms with E-state index < -0.39 is 24.0 Å². The number of carbonyl (C=O) groups excluding carboxylic acids is 3. The van der Waals surface area contributed by atoms with Crippen LogP contribution in [0.1, 0.15) is 26.2 Å². The van der Waals surface area contributed by atoms with E-state index in [1.165, 1.54) is 11.8 Å². The average molecular weight is 387 g/mol. The Morgan fingerprint density at radius 3 is 2.85 bits per heavy atom. The molecule has 1 heterocycles. The minimum Gasteiger partial charge on any atom is -0.456 e. The third kappa shape index (κ3) is 4.61. The van der Waals surface area contributed by atoms with Gasteiger partial charge in [-0.2, -0.15) is 5.26 Å². The van der Waals surface area contributed by atoms with Gasteiger partial charge in [0, 0.05) is 11.4 Å². The Hall–Kier alpha value is -2.53. The van der Waals surface area contributed by atoms with Crippen molar-refractivity contribution in [3.63, 3.8) is 0 Å². The molecular weight excluding hydrogens is 366 g/mol. The molecule has 3 rings (SSSR count). The summed E-state index contributed by atoms with van der Waals surface area (Å²) in [6, 6.07) is 9.66. The van der Waals surface area contributed by atoms with E-state index in [0.29, 0.717) is 5.75 Å². The number of ether oxygens (including phenoxy) is 1. The summed E-state index contributed by atoms with van der Waals surface area (Å²) in [5, 5.41) is 11.9. The number of hydrogen-bond acceptors (Lipinski definition) is 6. The van der Waals surface area contributed by atoms with E-state index in [0.717, 1.165) is 23.4 Å². The normalized spacial score (nSPS) is 18.1. The SMILES string of the molecule is C[C@](C#N)(NC(=O)COC(=O)CCN1C(=O)CSc2ccccc21)C1CC1. The number of benzene rings is 1. The minimum absolute atomic E-state index is 0.00381. The van der Waals surface area contributed by atoms with E-state index in [1.807, 2.05) is 24.3 Å². The number of esters is 1. The van der Waals surface area contributed by atoms with Gasteiger partial charge in [0.05, 0.1) is 23.9 Å². The predicted octanol–water partition coefficient (Wildman–Crippen LogP) is 1.87. The van der Waals surface area contributed by atoms with Crippen molar-refractivity contribution in [1.29, 1.82) is 5.26 Å². The van der Waals surface area contributed by atoms with E-state index in [-0.39, 0.29) is 24.8 Å². The molecule has 0 unspecified atom stereocenters. The summed E-state index contributed by atoms with van der Waals surface area (Å²) in [7, 11) is 0. The molecule has 1 aliphatic carbocycles. The Bertz CT molecular complexity index is 802.